The van der Waals surface area contributed by atoms with Crippen molar-refractivity contribution >= 4 is 0 Å². The summed E-state index contributed by atoms with van der Waals surface area (Å²) in [5.41, 5.74) is 1.02. The molecule has 0 spiro atoms. The zero-order valence-electron chi connectivity index (χ0n) is 8.03. The van der Waals surface area contributed by atoms with Gasteiger partial charge in [0.2, 0.25) is 5.76 Å². The summed E-state index contributed by atoms with van der Waals surface area (Å²) < 4.78 is 5.20. The first-order valence-corrected chi connectivity index (χ1v) is 4.56. The molecule has 5 nitrogen and oxygen atoms in total. The lowest BCUT2D eigenvalue weighted by Crippen LogP contribution is -2.12. The van der Waals surface area contributed by atoms with Crippen molar-refractivity contribution in [3.63, 3.8) is 0 Å². The number of aromatic nitrogens is 2. The second-order valence-electron chi connectivity index (χ2n) is 3.06. The van der Waals surface area contributed by atoms with Gasteiger partial charge in [-0.1, -0.05) is 0 Å². The Balaban J connectivity index is 1.81. The van der Waals surface area contributed by atoms with Crippen molar-refractivity contribution in [2.45, 2.75) is 13.1 Å². The maximum absolute atomic E-state index is 8.55. The standard InChI is InChI=1S/C10H10N4O/c11-5-9-1-2-10(15-9)7-12-6-8-3-4-13-14-8/h1-4,12H,6-7H2,(H,13,14). The van der Waals surface area contributed by atoms with Crippen molar-refractivity contribution in [2.24, 2.45) is 0 Å². The molecule has 0 fully saturated rings. The highest BCUT2D eigenvalue weighted by molar-refractivity contribution is 5.18. The van der Waals surface area contributed by atoms with Gasteiger partial charge in [0.25, 0.3) is 0 Å². The third kappa shape index (κ3) is 2.45. The van der Waals surface area contributed by atoms with Crippen LogP contribution in [0.2, 0.25) is 0 Å². The molecular weight excluding hydrogens is 192 g/mol. The Labute approximate surface area is 86.7 Å². The zero-order valence-corrected chi connectivity index (χ0v) is 8.03. The van der Waals surface area contributed by atoms with Gasteiger partial charge in [-0.05, 0) is 18.2 Å². The Bertz CT molecular complexity index is 452. The van der Waals surface area contributed by atoms with Crippen molar-refractivity contribution in [1.29, 1.82) is 5.26 Å². The molecule has 2 N–H and O–H groups in total. The molecular formula is C10H10N4O. The van der Waals surface area contributed by atoms with Crippen LogP contribution in [0, 0.1) is 11.3 Å². The van der Waals surface area contributed by atoms with Crippen molar-refractivity contribution < 1.29 is 4.42 Å². The van der Waals surface area contributed by atoms with Gasteiger partial charge in [-0.3, -0.25) is 5.10 Å². The summed E-state index contributed by atoms with van der Waals surface area (Å²) in [6.45, 7) is 1.29. The van der Waals surface area contributed by atoms with Crippen LogP contribution in [0.5, 0.6) is 0 Å². The lowest BCUT2D eigenvalue weighted by Gasteiger charge is -1.99. The fourth-order valence-corrected chi connectivity index (χ4v) is 1.24. The normalized spacial score (nSPS) is 10.1. The molecule has 0 amide bonds. The number of hydrogen-bond acceptors (Lipinski definition) is 4. The monoisotopic (exact) mass is 202 g/mol. The van der Waals surface area contributed by atoms with E-state index in [0.29, 0.717) is 18.8 Å². The minimum atomic E-state index is 0.341. The summed E-state index contributed by atoms with van der Waals surface area (Å²) in [4.78, 5) is 0. The molecule has 0 aliphatic heterocycles. The summed E-state index contributed by atoms with van der Waals surface area (Å²) in [5, 5.41) is 18.4. The third-order valence-electron chi connectivity index (χ3n) is 1.94. The number of aromatic amines is 1. The Morgan fingerprint density at radius 3 is 3.00 bits per heavy atom. The van der Waals surface area contributed by atoms with E-state index in [2.05, 4.69) is 15.5 Å². The Morgan fingerprint density at radius 2 is 2.33 bits per heavy atom. The molecule has 0 aliphatic rings. The highest BCUT2D eigenvalue weighted by atomic mass is 16.3. The van der Waals surface area contributed by atoms with Gasteiger partial charge in [-0.2, -0.15) is 10.4 Å². The Kier molecular flexibility index (Phi) is 2.81. The van der Waals surface area contributed by atoms with Gasteiger partial charge in [0.15, 0.2) is 0 Å². The van der Waals surface area contributed by atoms with E-state index in [-0.39, 0.29) is 0 Å². The predicted octanol–water partition coefficient (Wildman–Crippen LogP) is 1.16. The summed E-state index contributed by atoms with van der Waals surface area (Å²) in [7, 11) is 0. The van der Waals surface area contributed by atoms with Crippen LogP contribution >= 0.6 is 0 Å². The summed E-state index contributed by atoms with van der Waals surface area (Å²) in [5.74, 6) is 1.10. The van der Waals surface area contributed by atoms with E-state index in [1.54, 1.807) is 18.3 Å². The molecule has 2 heterocycles. The minimum Gasteiger partial charge on any atom is -0.449 e. The van der Waals surface area contributed by atoms with Gasteiger partial charge >= 0.3 is 0 Å². The average Bonchev–Trinajstić information content (AvgIpc) is 2.88. The SMILES string of the molecule is N#Cc1ccc(CNCc2ccn[nH]2)o1. The van der Waals surface area contributed by atoms with Gasteiger partial charge in [0.1, 0.15) is 11.8 Å². The molecule has 0 radical (unpaired) electrons. The second-order valence-corrected chi connectivity index (χ2v) is 3.06. The number of furan rings is 1. The van der Waals surface area contributed by atoms with E-state index < -0.39 is 0 Å². The molecule has 2 aromatic heterocycles. The average molecular weight is 202 g/mol. The van der Waals surface area contributed by atoms with Crippen LogP contribution in [-0.4, -0.2) is 10.2 Å². The molecule has 0 aliphatic carbocycles. The van der Waals surface area contributed by atoms with Crippen LogP contribution in [0.4, 0.5) is 0 Å². The maximum atomic E-state index is 8.55. The van der Waals surface area contributed by atoms with Gasteiger partial charge in [0, 0.05) is 18.4 Å². The lowest BCUT2D eigenvalue weighted by molar-refractivity contribution is 0.472. The quantitative estimate of drug-likeness (QED) is 0.780. The lowest BCUT2D eigenvalue weighted by atomic mass is 10.4. The van der Waals surface area contributed by atoms with Gasteiger partial charge in [-0.15, -0.1) is 0 Å². The molecule has 15 heavy (non-hydrogen) atoms. The maximum Gasteiger partial charge on any atom is 0.203 e. The molecule has 5 heteroatoms. The molecule has 0 saturated heterocycles. The van der Waals surface area contributed by atoms with Crippen molar-refractivity contribution in [1.82, 2.24) is 15.5 Å². The third-order valence-corrected chi connectivity index (χ3v) is 1.94. The van der Waals surface area contributed by atoms with Crippen LogP contribution < -0.4 is 5.32 Å². The van der Waals surface area contributed by atoms with Gasteiger partial charge < -0.3 is 9.73 Å². The highest BCUT2D eigenvalue weighted by Crippen LogP contribution is 2.05. The number of rotatable bonds is 4. The van der Waals surface area contributed by atoms with Crippen LogP contribution in [0.3, 0.4) is 0 Å². The van der Waals surface area contributed by atoms with E-state index in [4.69, 9.17) is 9.68 Å². The molecule has 0 bridgehead atoms. The predicted molar refractivity (Wildman–Crippen MR) is 52.6 cm³/mol. The van der Waals surface area contributed by atoms with Crippen LogP contribution in [0.15, 0.2) is 28.8 Å². The van der Waals surface area contributed by atoms with Gasteiger partial charge in [-0.25, -0.2) is 0 Å². The van der Waals surface area contributed by atoms with E-state index >= 15 is 0 Å². The fourth-order valence-electron chi connectivity index (χ4n) is 1.24. The number of hydrogen-bond donors (Lipinski definition) is 2. The summed E-state index contributed by atoms with van der Waals surface area (Å²) in [6.07, 6.45) is 1.71. The molecule has 2 aromatic rings. The zero-order chi connectivity index (χ0) is 10.5. The van der Waals surface area contributed by atoms with Crippen molar-refractivity contribution in [3.05, 3.63) is 41.6 Å². The summed E-state index contributed by atoms with van der Waals surface area (Å²) >= 11 is 0. The van der Waals surface area contributed by atoms with Gasteiger partial charge in [0.05, 0.1) is 6.54 Å². The number of H-pyrrole nitrogens is 1. The van der Waals surface area contributed by atoms with Crippen molar-refractivity contribution in [3.8, 4) is 6.07 Å². The first-order valence-electron chi connectivity index (χ1n) is 4.56. The second kappa shape index (κ2) is 4.44. The van der Waals surface area contributed by atoms with E-state index in [1.165, 1.54) is 0 Å². The smallest absolute Gasteiger partial charge is 0.203 e. The van der Waals surface area contributed by atoms with Crippen LogP contribution in [0.1, 0.15) is 17.2 Å². The molecule has 0 unspecified atom stereocenters. The molecule has 0 atom stereocenters. The van der Waals surface area contributed by atoms with Crippen molar-refractivity contribution in [2.75, 3.05) is 0 Å². The Morgan fingerprint density at radius 1 is 1.40 bits per heavy atom. The molecule has 0 aromatic carbocycles. The first-order chi connectivity index (χ1) is 7.38. The topological polar surface area (TPSA) is 77.6 Å². The Hall–Kier alpha value is -2.06. The number of nitriles is 1. The highest BCUT2D eigenvalue weighted by Gasteiger charge is 2.00. The first kappa shape index (κ1) is 9.49. The fraction of sp³-hybridized carbons (Fsp3) is 0.200. The summed E-state index contributed by atoms with van der Waals surface area (Å²) in [6, 6.07) is 7.29. The van der Waals surface area contributed by atoms with E-state index in [1.807, 2.05) is 12.1 Å². The minimum absolute atomic E-state index is 0.341. The number of nitrogens with zero attached hydrogens (tertiary/aromatic N) is 2. The molecule has 76 valence electrons. The molecule has 0 saturated carbocycles. The van der Waals surface area contributed by atoms with E-state index in [0.717, 1.165) is 11.5 Å². The van der Waals surface area contributed by atoms with Crippen LogP contribution in [-0.2, 0) is 13.1 Å². The largest absolute Gasteiger partial charge is 0.449 e. The molecule has 2 rings (SSSR count). The van der Waals surface area contributed by atoms with Crippen LogP contribution in [0.25, 0.3) is 0 Å². The van der Waals surface area contributed by atoms with E-state index in [9.17, 15) is 0 Å². The number of nitrogens with one attached hydrogen (secondary N) is 2.